The van der Waals surface area contributed by atoms with Gasteiger partial charge in [-0.3, -0.25) is 4.79 Å². The largest absolute Gasteiger partial charge is 0.340 e. The van der Waals surface area contributed by atoms with Crippen molar-refractivity contribution in [2.45, 2.75) is 26.4 Å². The number of carbonyl (C=O) groups excluding carboxylic acids is 1. The normalized spacial score (nSPS) is 12.0. The number of likely N-dealkylation sites (N-methyl/N-ethyl adjacent to an activating group) is 1. The van der Waals surface area contributed by atoms with Crippen molar-refractivity contribution in [3.05, 3.63) is 69.7 Å². The number of amides is 1. The van der Waals surface area contributed by atoms with Crippen molar-refractivity contribution in [1.82, 2.24) is 10.2 Å². The molecule has 0 saturated heterocycles. The van der Waals surface area contributed by atoms with Crippen molar-refractivity contribution >= 4 is 21.8 Å². The third-order valence-corrected chi connectivity index (χ3v) is 4.75. The molecular formula is C19H23BrN2O. The van der Waals surface area contributed by atoms with Crippen molar-refractivity contribution in [2.75, 3.05) is 13.6 Å². The zero-order chi connectivity index (χ0) is 16.8. The Hall–Kier alpha value is -1.65. The molecular weight excluding hydrogens is 352 g/mol. The van der Waals surface area contributed by atoms with Gasteiger partial charge in [-0.05, 0) is 36.6 Å². The van der Waals surface area contributed by atoms with E-state index in [-0.39, 0.29) is 11.9 Å². The number of carbonyl (C=O) groups is 1. The van der Waals surface area contributed by atoms with E-state index in [0.717, 1.165) is 10.0 Å². The van der Waals surface area contributed by atoms with Crippen molar-refractivity contribution < 1.29 is 4.79 Å². The summed E-state index contributed by atoms with van der Waals surface area (Å²) in [7, 11) is 1.85. The summed E-state index contributed by atoms with van der Waals surface area (Å²) in [4.78, 5) is 14.1. The molecule has 122 valence electrons. The predicted molar refractivity (Wildman–Crippen MR) is 98.2 cm³/mol. The van der Waals surface area contributed by atoms with Crippen LogP contribution in [0.4, 0.5) is 0 Å². The molecule has 23 heavy (non-hydrogen) atoms. The molecule has 0 bridgehead atoms. The third-order valence-electron chi connectivity index (χ3n) is 4.03. The van der Waals surface area contributed by atoms with E-state index in [1.807, 2.05) is 37.4 Å². The second-order valence-electron chi connectivity index (χ2n) is 5.80. The minimum Gasteiger partial charge on any atom is -0.340 e. The third kappa shape index (κ3) is 4.91. The molecule has 0 fully saturated rings. The first-order chi connectivity index (χ1) is 11.0. The van der Waals surface area contributed by atoms with Crippen LogP contribution in [0.5, 0.6) is 0 Å². The Morgan fingerprint density at radius 2 is 1.83 bits per heavy atom. The molecule has 0 aliphatic carbocycles. The first-order valence-corrected chi connectivity index (χ1v) is 8.54. The Morgan fingerprint density at radius 3 is 2.52 bits per heavy atom. The molecule has 0 radical (unpaired) electrons. The average molecular weight is 375 g/mol. The summed E-state index contributed by atoms with van der Waals surface area (Å²) in [5.74, 6) is 0.0900. The molecule has 4 heteroatoms. The number of hydrogen-bond donors (Lipinski definition) is 1. The molecule has 0 spiro atoms. The Labute approximate surface area is 146 Å². The molecule has 0 heterocycles. The number of hydrogen-bond acceptors (Lipinski definition) is 2. The second kappa shape index (κ2) is 8.27. The van der Waals surface area contributed by atoms with E-state index in [2.05, 4.69) is 53.3 Å². The van der Waals surface area contributed by atoms with Crippen LogP contribution in [0.15, 0.2) is 53.0 Å². The lowest BCUT2D eigenvalue weighted by Gasteiger charge is -2.21. The van der Waals surface area contributed by atoms with Gasteiger partial charge in [0.2, 0.25) is 5.91 Å². The average Bonchev–Trinajstić information content (AvgIpc) is 2.54. The highest BCUT2D eigenvalue weighted by molar-refractivity contribution is 9.10. The summed E-state index contributed by atoms with van der Waals surface area (Å²) < 4.78 is 1.06. The van der Waals surface area contributed by atoms with E-state index in [0.29, 0.717) is 13.1 Å². The maximum absolute atomic E-state index is 12.3. The summed E-state index contributed by atoms with van der Waals surface area (Å²) in [6.45, 7) is 5.09. The monoisotopic (exact) mass is 374 g/mol. The maximum Gasteiger partial charge on any atom is 0.236 e. The standard InChI is InChI=1S/C19H23BrN2O/c1-14-8-4-5-9-16(14)13-22(3)19(23)12-21-15(2)17-10-6-7-11-18(17)20/h4-11,15,21H,12-13H2,1-3H3. The van der Waals surface area contributed by atoms with Crippen LogP contribution in [0.2, 0.25) is 0 Å². The number of rotatable bonds is 6. The van der Waals surface area contributed by atoms with Gasteiger partial charge >= 0.3 is 0 Å². The quantitative estimate of drug-likeness (QED) is 0.826. The topological polar surface area (TPSA) is 32.3 Å². The molecule has 0 saturated carbocycles. The zero-order valence-electron chi connectivity index (χ0n) is 13.8. The van der Waals surface area contributed by atoms with E-state index in [1.54, 1.807) is 4.90 Å². The van der Waals surface area contributed by atoms with Gasteiger partial charge in [0, 0.05) is 24.1 Å². The molecule has 0 aliphatic rings. The number of nitrogens with zero attached hydrogens (tertiary/aromatic N) is 1. The number of halogens is 1. The first-order valence-electron chi connectivity index (χ1n) is 7.75. The van der Waals surface area contributed by atoms with Gasteiger partial charge in [0.25, 0.3) is 0 Å². The molecule has 2 aromatic carbocycles. The van der Waals surface area contributed by atoms with Crippen LogP contribution in [0.3, 0.4) is 0 Å². The molecule has 2 aromatic rings. The Balaban J connectivity index is 1.89. The Morgan fingerprint density at radius 1 is 1.17 bits per heavy atom. The molecule has 1 amide bonds. The molecule has 3 nitrogen and oxygen atoms in total. The molecule has 0 aromatic heterocycles. The smallest absolute Gasteiger partial charge is 0.236 e. The van der Waals surface area contributed by atoms with Gasteiger partial charge in [-0.1, -0.05) is 58.4 Å². The van der Waals surface area contributed by atoms with E-state index >= 15 is 0 Å². The van der Waals surface area contributed by atoms with Gasteiger partial charge < -0.3 is 10.2 Å². The highest BCUT2D eigenvalue weighted by Gasteiger charge is 2.13. The fourth-order valence-electron chi connectivity index (χ4n) is 2.44. The Kier molecular flexibility index (Phi) is 6.37. The highest BCUT2D eigenvalue weighted by Crippen LogP contribution is 2.22. The predicted octanol–water partition coefficient (Wildman–Crippen LogP) is 4.07. The molecule has 1 N–H and O–H groups in total. The summed E-state index contributed by atoms with van der Waals surface area (Å²) in [6.07, 6.45) is 0. The van der Waals surface area contributed by atoms with E-state index in [4.69, 9.17) is 0 Å². The fraction of sp³-hybridized carbons (Fsp3) is 0.316. The van der Waals surface area contributed by atoms with Gasteiger partial charge in [-0.15, -0.1) is 0 Å². The maximum atomic E-state index is 12.3. The molecule has 0 aliphatic heterocycles. The van der Waals surface area contributed by atoms with Gasteiger partial charge in [0.1, 0.15) is 0 Å². The van der Waals surface area contributed by atoms with Crippen LogP contribution in [0, 0.1) is 6.92 Å². The summed E-state index contributed by atoms with van der Waals surface area (Å²) >= 11 is 3.55. The lowest BCUT2D eigenvalue weighted by Crippen LogP contribution is -2.36. The fourth-order valence-corrected chi connectivity index (χ4v) is 3.07. The summed E-state index contributed by atoms with van der Waals surface area (Å²) in [5.41, 5.74) is 3.55. The number of nitrogens with one attached hydrogen (secondary N) is 1. The van der Waals surface area contributed by atoms with Crippen LogP contribution < -0.4 is 5.32 Å². The first kappa shape index (κ1) is 17.7. The van der Waals surface area contributed by atoms with Crippen molar-refractivity contribution in [3.8, 4) is 0 Å². The van der Waals surface area contributed by atoms with E-state index in [9.17, 15) is 4.79 Å². The molecule has 1 unspecified atom stereocenters. The lowest BCUT2D eigenvalue weighted by molar-refractivity contribution is -0.129. The van der Waals surface area contributed by atoms with Crippen molar-refractivity contribution in [3.63, 3.8) is 0 Å². The van der Waals surface area contributed by atoms with E-state index in [1.165, 1.54) is 11.1 Å². The Bertz CT molecular complexity index is 672. The van der Waals surface area contributed by atoms with Crippen LogP contribution in [-0.4, -0.2) is 24.4 Å². The lowest BCUT2D eigenvalue weighted by atomic mass is 10.1. The summed E-state index contributed by atoms with van der Waals surface area (Å²) in [6, 6.07) is 16.3. The van der Waals surface area contributed by atoms with Gasteiger partial charge in [-0.2, -0.15) is 0 Å². The minimum absolute atomic E-state index is 0.0900. The van der Waals surface area contributed by atoms with Crippen LogP contribution >= 0.6 is 15.9 Å². The minimum atomic E-state index is 0.0900. The van der Waals surface area contributed by atoms with Crippen LogP contribution in [0.25, 0.3) is 0 Å². The molecule has 1 atom stereocenters. The molecule has 2 rings (SSSR count). The van der Waals surface area contributed by atoms with Crippen molar-refractivity contribution in [2.24, 2.45) is 0 Å². The van der Waals surface area contributed by atoms with Crippen LogP contribution in [-0.2, 0) is 11.3 Å². The van der Waals surface area contributed by atoms with Crippen LogP contribution in [0.1, 0.15) is 29.7 Å². The summed E-state index contributed by atoms with van der Waals surface area (Å²) in [5, 5.41) is 3.30. The van der Waals surface area contributed by atoms with E-state index < -0.39 is 0 Å². The van der Waals surface area contributed by atoms with Gasteiger partial charge in [0.15, 0.2) is 0 Å². The SMILES string of the molecule is Cc1ccccc1CN(C)C(=O)CNC(C)c1ccccc1Br. The number of benzene rings is 2. The highest BCUT2D eigenvalue weighted by atomic mass is 79.9. The second-order valence-corrected chi connectivity index (χ2v) is 6.65. The zero-order valence-corrected chi connectivity index (χ0v) is 15.4. The van der Waals surface area contributed by atoms with Gasteiger partial charge in [-0.25, -0.2) is 0 Å². The number of aryl methyl sites for hydroxylation is 1. The van der Waals surface area contributed by atoms with Crippen molar-refractivity contribution in [1.29, 1.82) is 0 Å². The van der Waals surface area contributed by atoms with Gasteiger partial charge in [0.05, 0.1) is 6.54 Å².